The molecule has 0 aliphatic heterocycles. The van der Waals surface area contributed by atoms with E-state index in [1.807, 2.05) is 0 Å². The number of carbonyl (C=O) groups is 1. The second-order valence-electron chi connectivity index (χ2n) is 2.66. The summed E-state index contributed by atoms with van der Waals surface area (Å²) in [5.74, 6) is -1.50. The van der Waals surface area contributed by atoms with Crippen LogP contribution in [0.1, 0.15) is 17.3 Å². The minimum absolute atomic E-state index is 0.0195. The number of halogens is 2. The van der Waals surface area contributed by atoms with Crippen molar-refractivity contribution in [1.29, 1.82) is 0 Å². The molecule has 15 heavy (non-hydrogen) atoms. The number of ether oxygens (including phenoxy) is 2. The smallest absolute Gasteiger partial charge is 0.344 e. The average molecular weight is 233 g/mol. The Kier molecular flexibility index (Phi) is 3.91. The Labute approximate surface area is 91.7 Å². The van der Waals surface area contributed by atoms with Crippen molar-refractivity contribution in [2.45, 2.75) is 6.92 Å². The fourth-order valence-corrected chi connectivity index (χ4v) is 1.32. The van der Waals surface area contributed by atoms with E-state index in [0.29, 0.717) is 0 Å². The first-order valence-electron chi connectivity index (χ1n) is 4.31. The Morgan fingerprint density at radius 3 is 2.73 bits per heavy atom. The zero-order chi connectivity index (χ0) is 11.4. The van der Waals surface area contributed by atoms with Crippen LogP contribution in [0.25, 0.3) is 0 Å². The van der Waals surface area contributed by atoms with Gasteiger partial charge in [-0.1, -0.05) is 11.6 Å². The summed E-state index contributed by atoms with van der Waals surface area (Å²) in [4.78, 5) is 11.3. The molecule has 0 radical (unpaired) electrons. The molecule has 0 unspecified atom stereocenters. The van der Waals surface area contributed by atoms with Gasteiger partial charge in [-0.3, -0.25) is 0 Å². The molecule has 0 bridgehead atoms. The van der Waals surface area contributed by atoms with Gasteiger partial charge in [0.1, 0.15) is 11.4 Å². The average Bonchev–Trinajstić information content (AvgIpc) is 2.23. The highest BCUT2D eigenvalue weighted by Gasteiger charge is 2.21. The molecule has 1 aromatic carbocycles. The monoisotopic (exact) mass is 232 g/mol. The minimum Gasteiger partial charge on any atom is -0.491 e. The number of hydrogen-bond acceptors (Lipinski definition) is 3. The second kappa shape index (κ2) is 4.98. The molecular weight excluding hydrogens is 223 g/mol. The molecule has 0 amide bonds. The van der Waals surface area contributed by atoms with Gasteiger partial charge in [0.2, 0.25) is 0 Å². The molecule has 1 rings (SSSR count). The molecule has 0 fully saturated rings. The summed E-state index contributed by atoms with van der Waals surface area (Å²) in [7, 11) is 1.17. The first-order valence-corrected chi connectivity index (χ1v) is 4.68. The van der Waals surface area contributed by atoms with Crippen molar-refractivity contribution in [3.05, 3.63) is 28.5 Å². The lowest BCUT2D eigenvalue weighted by molar-refractivity contribution is 0.0590. The molecule has 5 heteroatoms. The predicted octanol–water partition coefficient (Wildman–Crippen LogP) is 2.66. The number of benzene rings is 1. The summed E-state index contributed by atoms with van der Waals surface area (Å²) in [6.07, 6.45) is 0. The van der Waals surface area contributed by atoms with Crippen LogP contribution in [0, 0.1) is 5.82 Å². The van der Waals surface area contributed by atoms with Crippen LogP contribution < -0.4 is 4.74 Å². The molecule has 0 aliphatic carbocycles. The number of methoxy groups -OCH3 is 1. The summed E-state index contributed by atoms with van der Waals surface area (Å²) >= 11 is 5.78. The summed E-state index contributed by atoms with van der Waals surface area (Å²) in [5, 5.41) is 0.179. The van der Waals surface area contributed by atoms with Crippen LogP contribution in [0.4, 0.5) is 4.39 Å². The molecule has 0 aromatic heterocycles. The van der Waals surface area contributed by atoms with Gasteiger partial charge in [0.15, 0.2) is 5.75 Å². The van der Waals surface area contributed by atoms with Crippen LogP contribution in [0.3, 0.4) is 0 Å². The van der Waals surface area contributed by atoms with E-state index in [1.54, 1.807) is 6.92 Å². The highest BCUT2D eigenvalue weighted by Crippen LogP contribution is 2.31. The fraction of sp³-hybridized carbons (Fsp3) is 0.300. The number of hydrogen-bond donors (Lipinski definition) is 0. The molecule has 0 atom stereocenters. The molecule has 82 valence electrons. The van der Waals surface area contributed by atoms with E-state index < -0.39 is 11.8 Å². The van der Waals surface area contributed by atoms with Crippen molar-refractivity contribution in [2.24, 2.45) is 0 Å². The van der Waals surface area contributed by atoms with Gasteiger partial charge in [0.05, 0.1) is 18.7 Å². The van der Waals surface area contributed by atoms with E-state index >= 15 is 0 Å². The first-order chi connectivity index (χ1) is 7.11. The molecule has 1 aromatic rings. The van der Waals surface area contributed by atoms with Gasteiger partial charge in [0.25, 0.3) is 0 Å². The van der Waals surface area contributed by atoms with Crippen LogP contribution in [-0.2, 0) is 4.74 Å². The Bertz CT molecular complexity index is 379. The third-order valence-corrected chi connectivity index (χ3v) is 2.03. The lowest BCUT2D eigenvalue weighted by Gasteiger charge is -2.10. The third kappa shape index (κ3) is 2.39. The largest absolute Gasteiger partial charge is 0.491 e. The zero-order valence-electron chi connectivity index (χ0n) is 8.34. The van der Waals surface area contributed by atoms with Gasteiger partial charge >= 0.3 is 5.97 Å². The van der Waals surface area contributed by atoms with E-state index in [0.717, 1.165) is 6.07 Å². The number of carbonyl (C=O) groups excluding carboxylic acids is 1. The van der Waals surface area contributed by atoms with Crippen LogP contribution in [0.2, 0.25) is 5.02 Å². The molecular formula is C10H10ClFO3. The highest BCUT2D eigenvalue weighted by molar-refractivity contribution is 6.32. The lowest BCUT2D eigenvalue weighted by atomic mass is 10.2. The highest BCUT2D eigenvalue weighted by atomic mass is 35.5. The van der Waals surface area contributed by atoms with Gasteiger partial charge in [-0.15, -0.1) is 0 Å². The van der Waals surface area contributed by atoms with Crippen molar-refractivity contribution in [2.75, 3.05) is 13.7 Å². The predicted molar refractivity (Wildman–Crippen MR) is 53.9 cm³/mol. The maximum absolute atomic E-state index is 13.4. The summed E-state index contributed by atoms with van der Waals surface area (Å²) in [5.41, 5.74) is -0.271. The van der Waals surface area contributed by atoms with E-state index in [1.165, 1.54) is 13.2 Å². The Hall–Kier alpha value is -1.29. The third-order valence-electron chi connectivity index (χ3n) is 1.74. The topological polar surface area (TPSA) is 35.5 Å². The Balaban J connectivity index is 3.31. The number of esters is 1. The molecule has 0 spiro atoms. The standard InChI is InChI=1S/C10H10ClFO3/c1-3-15-9-6(11)4-5-7(12)8(9)10(13)14-2/h4-5H,3H2,1-2H3. The number of rotatable bonds is 3. The summed E-state index contributed by atoms with van der Waals surface area (Å²) in [6, 6.07) is 2.42. The molecule has 0 aliphatic rings. The second-order valence-corrected chi connectivity index (χ2v) is 3.07. The normalized spacial score (nSPS) is 9.87. The van der Waals surface area contributed by atoms with Crippen molar-refractivity contribution >= 4 is 17.6 Å². The van der Waals surface area contributed by atoms with Gasteiger partial charge < -0.3 is 9.47 Å². The molecule has 0 saturated carbocycles. The maximum atomic E-state index is 13.4. The fourth-order valence-electron chi connectivity index (χ4n) is 1.11. The van der Waals surface area contributed by atoms with E-state index in [2.05, 4.69) is 4.74 Å². The molecule has 0 N–H and O–H groups in total. The van der Waals surface area contributed by atoms with Gasteiger partial charge in [-0.05, 0) is 19.1 Å². The van der Waals surface area contributed by atoms with Crippen LogP contribution in [0.15, 0.2) is 12.1 Å². The minimum atomic E-state index is -0.807. The van der Waals surface area contributed by atoms with Crippen molar-refractivity contribution < 1.29 is 18.7 Å². The zero-order valence-corrected chi connectivity index (χ0v) is 9.10. The van der Waals surface area contributed by atoms with E-state index in [-0.39, 0.29) is 22.9 Å². The van der Waals surface area contributed by atoms with Gasteiger partial charge in [-0.2, -0.15) is 0 Å². The van der Waals surface area contributed by atoms with Crippen molar-refractivity contribution in [3.63, 3.8) is 0 Å². The van der Waals surface area contributed by atoms with Crippen molar-refractivity contribution in [1.82, 2.24) is 0 Å². The van der Waals surface area contributed by atoms with Crippen molar-refractivity contribution in [3.8, 4) is 5.75 Å². The van der Waals surface area contributed by atoms with Gasteiger partial charge in [0, 0.05) is 0 Å². The van der Waals surface area contributed by atoms with Crippen LogP contribution in [-0.4, -0.2) is 19.7 Å². The summed E-state index contributed by atoms with van der Waals surface area (Å²) in [6.45, 7) is 2.00. The lowest BCUT2D eigenvalue weighted by Crippen LogP contribution is -2.08. The molecule has 0 saturated heterocycles. The van der Waals surface area contributed by atoms with E-state index in [9.17, 15) is 9.18 Å². The molecule has 0 heterocycles. The van der Waals surface area contributed by atoms with Crippen LogP contribution >= 0.6 is 11.6 Å². The SMILES string of the molecule is CCOc1c(Cl)ccc(F)c1C(=O)OC. The van der Waals surface area contributed by atoms with E-state index in [4.69, 9.17) is 16.3 Å². The van der Waals surface area contributed by atoms with Crippen LogP contribution in [0.5, 0.6) is 5.75 Å². The molecule has 3 nitrogen and oxygen atoms in total. The quantitative estimate of drug-likeness (QED) is 0.752. The Morgan fingerprint density at radius 1 is 1.53 bits per heavy atom. The van der Waals surface area contributed by atoms with Gasteiger partial charge in [-0.25, -0.2) is 9.18 Å². The summed E-state index contributed by atoms with van der Waals surface area (Å²) < 4.78 is 22.9. The maximum Gasteiger partial charge on any atom is 0.344 e. The Morgan fingerprint density at radius 2 is 2.20 bits per heavy atom. The first kappa shape index (κ1) is 11.8.